The maximum Gasteiger partial charge on any atom is 0.229 e. The van der Waals surface area contributed by atoms with E-state index in [1.54, 1.807) is 24.7 Å². The number of piperidine rings is 1. The number of hydrogen-bond donors (Lipinski definition) is 1. The molecule has 0 bridgehead atoms. The lowest BCUT2D eigenvalue weighted by molar-refractivity contribution is -0.137. The smallest absolute Gasteiger partial charge is 0.229 e. The molecule has 1 aliphatic carbocycles. The van der Waals surface area contributed by atoms with Crippen LogP contribution in [0.5, 0.6) is 0 Å². The molecule has 2 fully saturated rings. The van der Waals surface area contributed by atoms with Gasteiger partial charge in [-0.25, -0.2) is 19.9 Å². The van der Waals surface area contributed by atoms with Crippen molar-refractivity contribution in [1.29, 1.82) is 0 Å². The number of anilines is 2. The first-order valence-electron chi connectivity index (χ1n) is 9.95. The molecule has 1 saturated carbocycles. The van der Waals surface area contributed by atoms with Crippen LogP contribution < -0.4 is 5.32 Å². The van der Waals surface area contributed by atoms with Crippen molar-refractivity contribution >= 4 is 17.8 Å². The quantitative estimate of drug-likeness (QED) is 0.894. The highest BCUT2D eigenvalue weighted by Crippen LogP contribution is 2.30. The van der Waals surface area contributed by atoms with Gasteiger partial charge in [0.1, 0.15) is 0 Å². The Balaban J connectivity index is 1.43. The van der Waals surface area contributed by atoms with Crippen LogP contribution in [0.3, 0.4) is 0 Å². The Hall–Kier alpha value is -2.57. The third-order valence-electron chi connectivity index (χ3n) is 5.57. The molecule has 1 amide bonds. The maximum absolute atomic E-state index is 12.9. The van der Waals surface area contributed by atoms with E-state index in [-0.39, 0.29) is 11.8 Å². The summed E-state index contributed by atoms with van der Waals surface area (Å²) in [6, 6.07) is 3.72. The molecule has 4 rings (SSSR count). The summed E-state index contributed by atoms with van der Waals surface area (Å²) in [5, 5.41) is 3.04. The molecule has 7 nitrogen and oxygen atoms in total. The average molecular weight is 366 g/mol. The van der Waals surface area contributed by atoms with Gasteiger partial charge in [0, 0.05) is 43.5 Å². The van der Waals surface area contributed by atoms with E-state index in [4.69, 9.17) is 0 Å². The van der Waals surface area contributed by atoms with Gasteiger partial charge in [-0.1, -0.05) is 19.3 Å². The molecule has 2 aromatic rings. The Bertz CT molecular complexity index is 762. The highest BCUT2D eigenvalue weighted by Gasteiger charge is 2.30. The number of hydrogen-bond acceptors (Lipinski definition) is 6. The molecule has 142 valence electrons. The molecule has 7 heteroatoms. The molecule has 3 heterocycles. The van der Waals surface area contributed by atoms with Crippen LogP contribution in [0, 0.1) is 5.92 Å². The summed E-state index contributed by atoms with van der Waals surface area (Å²) < 4.78 is 0. The van der Waals surface area contributed by atoms with E-state index < -0.39 is 0 Å². The predicted octanol–water partition coefficient (Wildman–Crippen LogP) is 3.30. The van der Waals surface area contributed by atoms with Gasteiger partial charge in [0.15, 0.2) is 0 Å². The summed E-state index contributed by atoms with van der Waals surface area (Å²) in [5.41, 5.74) is 0.976. The van der Waals surface area contributed by atoms with Gasteiger partial charge in [-0.15, -0.1) is 0 Å². The second-order valence-corrected chi connectivity index (χ2v) is 7.46. The number of nitrogens with one attached hydrogen (secondary N) is 1. The van der Waals surface area contributed by atoms with Gasteiger partial charge >= 0.3 is 0 Å². The van der Waals surface area contributed by atoms with Crippen molar-refractivity contribution in [2.75, 3.05) is 18.4 Å². The third-order valence-corrected chi connectivity index (χ3v) is 5.57. The normalized spacial score (nSPS) is 21.0. The Morgan fingerprint density at radius 1 is 0.963 bits per heavy atom. The minimum absolute atomic E-state index is 0.232. The predicted molar refractivity (Wildman–Crippen MR) is 102 cm³/mol. The zero-order chi connectivity index (χ0) is 18.5. The minimum atomic E-state index is 0.232. The highest BCUT2D eigenvalue weighted by molar-refractivity contribution is 5.79. The third kappa shape index (κ3) is 4.40. The molecular formula is C20H26N6O. The molecule has 0 spiro atoms. The first-order chi connectivity index (χ1) is 13.3. The number of aromatic nitrogens is 4. The fourth-order valence-electron chi connectivity index (χ4n) is 4.15. The lowest BCUT2D eigenvalue weighted by atomic mass is 9.87. The van der Waals surface area contributed by atoms with Crippen LogP contribution in [0.4, 0.5) is 11.9 Å². The maximum atomic E-state index is 12.9. The number of carbonyl (C=O) groups is 1. The summed E-state index contributed by atoms with van der Waals surface area (Å²) >= 11 is 0. The van der Waals surface area contributed by atoms with Crippen molar-refractivity contribution in [2.45, 2.75) is 50.9 Å². The first-order valence-corrected chi connectivity index (χ1v) is 9.95. The summed E-state index contributed by atoms with van der Waals surface area (Å²) in [6.07, 6.45) is 12.9. The summed E-state index contributed by atoms with van der Waals surface area (Å²) in [4.78, 5) is 32.2. The van der Waals surface area contributed by atoms with E-state index in [0.717, 1.165) is 44.5 Å². The highest BCUT2D eigenvalue weighted by atomic mass is 16.2. The molecule has 1 N–H and O–H groups in total. The van der Waals surface area contributed by atoms with Gasteiger partial charge in [0.2, 0.25) is 17.8 Å². The zero-order valence-corrected chi connectivity index (χ0v) is 15.5. The van der Waals surface area contributed by atoms with Gasteiger partial charge in [0.25, 0.3) is 0 Å². The molecule has 2 aliphatic rings. The summed E-state index contributed by atoms with van der Waals surface area (Å²) in [6.45, 7) is 1.63. The molecule has 2 aromatic heterocycles. The Morgan fingerprint density at radius 3 is 2.56 bits per heavy atom. The van der Waals surface area contributed by atoms with Crippen molar-refractivity contribution in [2.24, 2.45) is 5.92 Å². The molecule has 27 heavy (non-hydrogen) atoms. The Kier molecular flexibility index (Phi) is 5.55. The van der Waals surface area contributed by atoms with Crippen molar-refractivity contribution in [3.05, 3.63) is 36.4 Å². The zero-order valence-electron chi connectivity index (χ0n) is 15.5. The van der Waals surface area contributed by atoms with E-state index in [1.165, 1.54) is 19.3 Å². The van der Waals surface area contributed by atoms with E-state index in [9.17, 15) is 4.79 Å². The van der Waals surface area contributed by atoms with Crippen molar-refractivity contribution in [1.82, 2.24) is 24.8 Å². The van der Waals surface area contributed by atoms with Gasteiger partial charge in [-0.3, -0.25) is 10.1 Å². The largest absolute Gasteiger partial charge is 0.342 e. The molecular weight excluding hydrogens is 340 g/mol. The van der Waals surface area contributed by atoms with Crippen LogP contribution in [0.15, 0.2) is 30.7 Å². The second kappa shape index (κ2) is 8.41. The topological polar surface area (TPSA) is 83.9 Å². The minimum Gasteiger partial charge on any atom is -0.342 e. The molecule has 1 saturated heterocycles. The molecule has 0 aromatic carbocycles. The number of carbonyl (C=O) groups excluding carboxylic acids is 1. The molecule has 1 aliphatic heterocycles. The van der Waals surface area contributed by atoms with Crippen molar-refractivity contribution < 1.29 is 4.79 Å². The van der Waals surface area contributed by atoms with Gasteiger partial charge < -0.3 is 4.90 Å². The van der Waals surface area contributed by atoms with Gasteiger partial charge in [-0.2, -0.15) is 0 Å². The van der Waals surface area contributed by atoms with Crippen molar-refractivity contribution in [3.8, 4) is 0 Å². The molecule has 0 radical (unpaired) electrons. The van der Waals surface area contributed by atoms with Crippen LogP contribution in [-0.2, 0) is 4.79 Å². The molecule has 0 unspecified atom stereocenters. The number of amides is 1. The van der Waals surface area contributed by atoms with Crippen LogP contribution in [-0.4, -0.2) is 43.8 Å². The van der Waals surface area contributed by atoms with Crippen LogP contribution in [0.2, 0.25) is 0 Å². The van der Waals surface area contributed by atoms with Crippen LogP contribution in [0.1, 0.15) is 56.6 Å². The van der Waals surface area contributed by atoms with E-state index >= 15 is 0 Å². The van der Waals surface area contributed by atoms with E-state index in [0.29, 0.717) is 17.8 Å². The average Bonchev–Trinajstić information content (AvgIpc) is 2.75. The lowest BCUT2D eigenvalue weighted by Gasteiger charge is -2.35. The van der Waals surface area contributed by atoms with Crippen molar-refractivity contribution in [3.63, 3.8) is 0 Å². The fourth-order valence-corrected chi connectivity index (χ4v) is 4.15. The number of rotatable bonds is 4. The fraction of sp³-hybridized carbons (Fsp3) is 0.550. The second-order valence-electron chi connectivity index (χ2n) is 7.46. The van der Waals surface area contributed by atoms with Crippen LogP contribution >= 0.6 is 0 Å². The summed E-state index contributed by atoms with van der Waals surface area (Å²) in [5.74, 6) is 1.81. The standard InChI is InChI=1S/C20H26N6O/c27-18(15-6-2-1-3-7-15)26-13-4-8-16(14-26)17-9-12-23-20(24-17)25-19-21-10-5-11-22-19/h5,9-12,15-16H,1-4,6-8,13-14H2,(H,21,22,23,24,25)/t16-/m1/s1. The van der Waals surface area contributed by atoms with Gasteiger partial charge in [-0.05, 0) is 37.8 Å². The number of nitrogens with zero attached hydrogens (tertiary/aromatic N) is 5. The van der Waals surface area contributed by atoms with E-state index in [1.807, 2.05) is 6.07 Å². The van der Waals surface area contributed by atoms with Crippen LogP contribution in [0.25, 0.3) is 0 Å². The monoisotopic (exact) mass is 366 g/mol. The SMILES string of the molecule is O=C(C1CCCCC1)N1CCC[C@@H](c2ccnc(Nc3ncccn3)n2)C1. The van der Waals surface area contributed by atoms with E-state index in [2.05, 4.69) is 30.2 Å². The number of likely N-dealkylation sites (tertiary alicyclic amines) is 1. The molecule has 1 atom stereocenters. The summed E-state index contributed by atoms with van der Waals surface area (Å²) in [7, 11) is 0. The Labute approximate surface area is 159 Å². The first kappa shape index (κ1) is 17.8. The lowest BCUT2D eigenvalue weighted by Crippen LogP contribution is -2.43. The van der Waals surface area contributed by atoms with Gasteiger partial charge in [0.05, 0.1) is 5.69 Å². The Morgan fingerprint density at radius 2 is 1.74 bits per heavy atom.